The van der Waals surface area contributed by atoms with Gasteiger partial charge in [0.2, 0.25) is 0 Å². The fourth-order valence-electron chi connectivity index (χ4n) is 1.07. The summed E-state index contributed by atoms with van der Waals surface area (Å²) in [5.41, 5.74) is 0.929. The summed E-state index contributed by atoms with van der Waals surface area (Å²) in [6.45, 7) is 4.60. The molecule has 0 aromatic carbocycles. The normalized spacial score (nSPS) is 22.8. The van der Waals surface area contributed by atoms with Crippen LogP contribution < -0.4 is 0 Å². The Morgan fingerprint density at radius 1 is 1.60 bits per heavy atom. The van der Waals surface area contributed by atoms with E-state index in [0.29, 0.717) is 0 Å². The van der Waals surface area contributed by atoms with Crippen molar-refractivity contribution >= 4 is 23.3 Å². The maximum absolute atomic E-state index is 9.60. The van der Waals surface area contributed by atoms with Gasteiger partial charge in [-0.1, -0.05) is 18.2 Å². The van der Waals surface area contributed by atoms with Crippen LogP contribution in [0.5, 0.6) is 0 Å². The number of nitrogens with zero attached hydrogens (tertiary/aromatic N) is 1. The van der Waals surface area contributed by atoms with Crippen LogP contribution in [0.3, 0.4) is 0 Å². The van der Waals surface area contributed by atoms with Gasteiger partial charge in [-0.3, -0.25) is 0 Å². The molecule has 0 spiro atoms. The highest BCUT2D eigenvalue weighted by Gasteiger charge is 2.17. The first-order chi connectivity index (χ1) is 6.99. The van der Waals surface area contributed by atoms with Gasteiger partial charge in [0.1, 0.15) is 0 Å². The van der Waals surface area contributed by atoms with Gasteiger partial charge in [-0.2, -0.15) is 0 Å². The number of hydrogen-bond acceptors (Lipinski definition) is 3. The van der Waals surface area contributed by atoms with Crippen LogP contribution in [0.4, 0.5) is 0 Å². The van der Waals surface area contributed by atoms with E-state index >= 15 is 0 Å². The maximum Gasteiger partial charge on any atom is 0.330 e. The molecule has 0 saturated heterocycles. The van der Waals surface area contributed by atoms with Crippen molar-refractivity contribution in [2.75, 3.05) is 0 Å². The zero-order valence-electron chi connectivity index (χ0n) is 8.74. The molecule has 1 rings (SSSR count). The molecule has 2 N–H and O–H groups in total. The van der Waals surface area contributed by atoms with E-state index in [4.69, 9.17) is 21.9 Å². The molecule has 15 heavy (non-hydrogen) atoms. The van der Waals surface area contributed by atoms with Crippen LogP contribution in [0.25, 0.3) is 0 Å². The van der Waals surface area contributed by atoms with Gasteiger partial charge in [0.25, 0.3) is 0 Å². The summed E-state index contributed by atoms with van der Waals surface area (Å²) in [4.78, 5) is 9.60. The van der Waals surface area contributed by atoms with Crippen LogP contribution in [0.2, 0.25) is 0 Å². The number of carboxylic acids is 1. The summed E-state index contributed by atoms with van der Waals surface area (Å²) in [5, 5.41) is 19.4. The number of carboxylic acid groups (broad SMARTS) is 1. The largest absolute Gasteiger partial charge is 0.478 e. The van der Waals surface area contributed by atoms with Crippen molar-refractivity contribution in [1.29, 1.82) is 0 Å². The first kappa shape index (κ1) is 14.0. The summed E-state index contributed by atoms with van der Waals surface area (Å²) in [6.07, 6.45) is 4.10. The molecule has 0 radical (unpaired) electrons. The Bertz CT molecular complexity index is 251. The number of rotatable bonds is 1. The molecule has 0 aromatic heterocycles. The van der Waals surface area contributed by atoms with Gasteiger partial charge < -0.3 is 10.3 Å². The molecule has 1 fully saturated rings. The molecule has 0 aromatic rings. The predicted octanol–water partition coefficient (Wildman–Crippen LogP) is 2.65. The summed E-state index contributed by atoms with van der Waals surface area (Å²) in [7, 11) is 0. The Hall–Kier alpha value is -1.03. The molecule has 5 heteroatoms. The van der Waals surface area contributed by atoms with Crippen LogP contribution in [-0.4, -0.2) is 27.4 Å². The molecule has 1 saturated carbocycles. The number of oxime groups is 1. The molecule has 1 unspecified atom stereocenters. The minimum absolute atomic E-state index is 0.0104. The lowest BCUT2D eigenvalue weighted by molar-refractivity contribution is -0.132. The van der Waals surface area contributed by atoms with Crippen molar-refractivity contribution in [2.45, 2.75) is 38.0 Å². The second kappa shape index (κ2) is 7.29. The van der Waals surface area contributed by atoms with Crippen LogP contribution >= 0.6 is 11.6 Å². The SMILES string of the molecule is C=C(C)C(=O)O.ON=C1CCCCC1Cl. The first-order valence-corrected chi connectivity index (χ1v) is 5.16. The molecule has 86 valence electrons. The molecular formula is C10H16ClNO3. The highest BCUT2D eigenvalue weighted by atomic mass is 35.5. The van der Waals surface area contributed by atoms with Gasteiger partial charge in [-0.05, 0) is 26.2 Å². The smallest absolute Gasteiger partial charge is 0.330 e. The fourth-order valence-corrected chi connectivity index (χ4v) is 1.37. The third-order valence-electron chi connectivity index (χ3n) is 2.00. The standard InChI is InChI=1S/C6H10ClNO.C4H6O2/c7-5-3-1-2-4-6(5)8-9;1-3(2)4(5)6/h5,9H,1-4H2;1H2,2H3,(H,5,6). The van der Waals surface area contributed by atoms with E-state index in [0.717, 1.165) is 31.4 Å². The molecule has 1 aliphatic carbocycles. The zero-order valence-corrected chi connectivity index (χ0v) is 9.50. The summed E-state index contributed by atoms with van der Waals surface area (Å²) in [5.74, 6) is -0.935. The second-order valence-electron chi connectivity index (χ2n) is 3.39. The van der Waals surface area contributed by atoms with E-state index in [-0.39, 0.29) is 11.0 Å². The Kier molecular flexibility index (Phi) is 6.79. The van der Waals surface area contributed by atoms with E-state index in [9.17, 15) is 4.79 Å². The average Bonchev–Trinajstić information content (AvgIpc) is 2.19. The van der Waals surface area contributed by atoms with Gasteiger partial charge >= 0.3 is 5.97 Å². The minimum Gasteiger partial charge on any atom is -0.478 e. The van der Waals surface area contributed by atoms with E-state index in [1.54, 1.807) is 0 Å². The molecule has 0 aliphatic heterocycles. The topological polar surface area (TPSA) is 69.9 Å². The van der Waals surface area contributed by atoms with Gasteiger partial charge in [0.05, 0.1) is 11.1 Å². The molecule has 1 aliphatic rings. The van der Waals surface area contributed by atoms with Gasteiger partial charge in [-0.25, -0.2) is 4.79 Å². The Labute approximate surface area is 94.2 Å². The van der Waals surface area contributed by atoms with Crippen molar-refractivity contribution in [3.8, 4) is 0 Å². The van der Waals surface area contributed by atoms with Crippen molar-refractivity contribution in [3.63, 3.8) is 0 Å². The van der Waals surface area contributed by atoms with Crippen LogP contribution in [-0.2, 0) is 4.79 Å². The zero-order chi connectivity index (χ0) is 11.8. The second-order valence-corrected chi connectivity index (χ2v) is 3.92. The molecule has 0 amide bonds. The molecule has 0 bridgehead atoms. The highest BCUT2D eigenvalue weighted by Crippen LogP contribution is 2.19. The molecule has 4 nitrogen and oxygen atoms in total. The Balaban J connectivity index is 0.000000288. The number of hydrogen-bond donors (Lipinski definition) is 2. The Morgan fingerprint density at radius 3 is 2.40 bits per heavy atom. The van der Waals surface area contributed by atoms with Crippen LogP contribution in [0.1, 0.15) is 32.6 Å². The van der Waals surface area contributed by atoms with Crippen molar-refractivity contribution < 1.29 is 15.1 Å². The van der Waals surface area contributed by atoms with E-state index < -0.39 is 5.97 Å². The number of carbonyl (C=O) groups is 1. The summed E-state index contributed by atoms with van der Waals surface area (Å²) in [6, 6.07) is 0. The van der Waals surface area contributed by atoms with E-state index in [2.05, 4.69) is 11.7 Å². The van der Waals surface area contributed by atoms with E-state index in [1.807, 2.05) is 0 Å². The lowest BCUT2D eigenvalue weighted by Crippen LogP contribution is -2.18. The monoisotopic (exact) mass is 233 g/mol. The quantitative estimate of drug-likeness (QED) is 0.317. The van der Waals surface area contributed by atoms with Crippen molar-refractivity contribution in [2.24, 2.45) is 5.16 Å². The molecular weight excluding hydrogens is 218 g/mol. The molecule has 0 heterocycles. The van der Waals surface area contributed by atoms with Crippen molar-refractivity contribution in [1.82, 2.24) is 0 Å². The van der Waals surface area contributed by atoms with Crippen molar-refractivity contribution in [3.05, 3.63) is 12.2 Å². The fraction of sp³-hybridized carbons (Fsp3) is 0.600. The lowest BCUT2D eigenvalue weighted by atomic mass is 9.98. The summed E-state index contributed by atoms with van der Waals surface area (Å²) < 4.78 is 0. The van der Waals surface area contributed by atoms with Crippen LogP contribution in [0, 0.1) is 0 Å². The third kappa shape index (κ3) is 6.12. The minimum atomic E-state index is -0.935. The highest BCUT2D eigenvalue weighted by molar-refractivity contribution is 6.32. The van der Waals surface area contributed by atoms with Gasteiger partial charge in [-0.15, -0.1) is 11.6 Å². The van der Waals surface area contributed by atoms with Gasteiger partial charge in [0, 0.05) is 5.57 Å². The first-order valence-electron chi connectivity index (χ1n) is 4.72. The Morgan fingerprint density at radius 2 is 2.13 bits per heavy atom. The average molecular weight is 234 g/mol. The van der Waals surface area contributed by atoms with E-state index in [1.165, 1.54) is 6.92 Å². The number of halogens is 1. The summed E-state index contributed by atoms with van der Waals surface area (Å²) >= 11 is 5.79. The molecule has 1 atom stereocenters. The maximum atomic E-state index is 9.60. The predicted molar refractivity (Wildman–Crippen MR) is 59.8 cm³/mol. The van der Waals surface area contributed by atoms with Crippen LogP contribution in [0.15, 0.2) is 17.3 Å². The number of alkyl halides is 1. The van der Waals surface area contributed by atoms with Gasteiger partial charge in [0.15, 0.2) is 0 Å². The number of aliphatic carboxylic acids is 1. The third-order valence-corrected chi connectivity index (χ3v) is 2.47. The lowest BCUT2D eigenvalue weighted by Gasteiger charge is -2.15.